The van der Waals surface area contributed by atoms with E-state index in [1.807, 2.05) is 31.2 Å². The summed E-state index contributed by atoms with van der Waals surface area (Å²) >= 11 is 6.93. The number of nitrogens with zero attached hydrogens (tertiary/aromatic N) is 2. The zero-order valence-electron chi connectivity index (χ0n) is 13.2. The van der Waals surface area contributed by atoms with Crippen LogP contribution in [0.5, 0.6) is 5.75 Å². The first-order valence-corrected chi connectivity index (χ1v) is 9.89. The number of hydrogen-bond donors (Lipinski definition) is 0. The van der Waals surface area contributed by atoms with Gasteiger partial charge in [-0.2, -0.15) is 0 Å². The Morgan fingerprint density at radius 3 is 2.83 bits per heavy atom. The molecule has 23 heavy (non-hydrogen) atoms. The van der Waals surface area contributed by atoms with E-state index in [1.165, 1.54) is 15.8 Å². The van der Waals surface area contributed by atoms with Crippen LogP contribution in [-0.2, 0) is 0 Å². The zero-order valence-corrected chi connectivity index (χ0v) is 16.4. The summed E-state index contributed by atoms with van der Waals surface area (Å²) in [4.78, 5) is 11.6. The Kier molecular flexibility index (Phi) is 5.24. The maximum absolute atomic E-state index is 5.79. The third kappa shape index (κ3) is 3.87. The van der Waals surface area contributed by atoms with E-state index in [4.69, 9.17) is 4.74 Å². The van der Waals surface area contributed by atoms with Crippen LogP contribution < -0.4 is 4.74 Å². The lowest BCUT2D eigenvalue weighted by Gasteiger charge is -2.07. The van der Waals surface area contributed by atoms with Gasteiger partial charge < -0.3 is 4.74 Å². The van der Waals surface area contributed by atoms with E-state index in [0.717, 1.165) is 31.7 Å². The molecule has 2 aromatic heterocycles. The van der Waals surface area contributed by atoms with E-state index in [0.29, 0.717) is 6.61 Å². The maximum Gasteiger partial charge on any atom is 0.128 e. The number of hydrogen-bond acceptors (Lipinski definition) is 5. The third-order valence-corrected chi connectivity index (χ3v) is 6.03. The van der Waals surface area contributed by atoms with Gasteiger partial charge in [-0.05, 0) is 44.5 Å². The Hall–Kier alpha value is -1.11. The van der Waals surface area contributed by atoms with Gasteiger partial charge in [0.2, 0.25) is 0 Å². The summed E-state index contributed by atoms with van der Waals surface area (Å²) in [6.45, 7) is 6.89. The normalized spacial score (nSPS) is 11.1. The number of aromatic nitrogens is 2. The first kappa shape index (κ1) is 16.7. The number of thiophene rings is 1. The predicted molar refractivity (Wildman–Crippen MR) is 102 cm³/mol. The van der Waals surface area contributed by atoms with Crippen molar-refractivity contribution in [3.8, 4) is 5.75 Å². The molecule has 0 aliphatic heterocycles. The van der Waals surface area contributed by atoms with Crippen molar-refractivity contribution in [3.63, 3.8) is 0 Å². The number of rotatable bonds is 5. The molecular weight excluding hydrogens is 392 g/mol. The van der Waals surface area contributed by atoms with Crippen LogP contribution in [-0.4, -0.2) is 22.3 Å². The monoisotopic (exact) mass is 408 g/mol. The molecule has 3 nitrogen and oxygen atoms in total. The summed E-state index contributed by atoms with van der Waals surface area (Å²) in [6, 6.07) is 7.91. The number of benzene rings is 1. The standard InChI is InChI=1S/C17H17BrN2OS2/c1-10-11(2)23-17-15(10)16(19-12(3)20-17)22-8-7-21-14-6-4-5-13(18)9-14/h4-6,9H,7-8H2,1-3H3. The average molecular weight is 409 g/mol. The van der Waals surface area contributed by atoms with E-state index in [-0.39, 0.29) is 0 Å². The van der Waals surface area contributed by atoms with Gasteiger partial charge in [0.25, 0.3) is 0 Å². The molecule has 0 atom stereocenters. The van der Waals surface area contributed by atoms with Gasteiger partial charge in [-0.1, -0.05) is 22.0 Å². The van der Waals surface area contributed by atoms with E-state index in [9.17, 15) is 0 Å². The van der Waals surface area contributed by atoms with Crippen molar-refractivity contribution in [1.82, 2.24) is 9.97 Å². The van der Waals surface area contributed by atoms with Gasteiger partial charge in [0.1, 0.15) is 21.4 Å². The highest BCUT2D eigenvalue weighted by atomic mass is 79.9. The molecule has 0 unspecified atom stereocenters. The maximum atomic E-state index is 5.79. The molecule has 1 aromatic carbocycles. The Bertz CT molecular complexity index is 848. The number of fused-ring (bicyclic) bond motifs is 1. The Morgan fingerprint density at radius 2 is 2.04 bits per heavy atom. The van der Waals surface area contributed by atoms with Crippen molar-refractivity contribution in [2.75, 3.05) is 12.4 Å². The number of aryl methyl sites for hydroxylation is 3. The second-order valence-corrected chi connectivity index (χ2v) is 8.40. The quantitative estimate of drug-likeness (QED) is 0.314. The summed E-state index contributed by atoms with van der Waals surface area (Å²) in [5, 5.41) is 2.26. The molecule has 0 aliphatic rings. The second-order valence-electron chi connectivity index (χ2n) is 5.19. The molecule has 6 heteroatoms. The Balaban J connectivity index is 1.70. The fourth-order valence-corrected chi connectivity index (χ4v) is 4.74. The van der Waals surface area contributed by atoms with E-state index < -0.39 is 0 Å². The number of thioether (sulfide) groups is 1. The van der Waals surface area contributed by atoms with E-state index in [1.54, 1.807) is 23.1 Å². The number of ether oxygens (including phenoxy) is 1. The minimum absolute atomic E-state index is 0.647. The highest BCUT2D eigenvalue weighted by Crippen LogP contribution is 2.35. The van der Waals surface area contributed by atoms with Gasteiger partial charge in [0, 0.05) is 20.5 Å². The third-order valence-electron chi connectivity index (χ3n) is 3.49. The smallest absolute Gasteiger partial charge is 0.128 e. The van der Waals surface area contributed by atoms with E-state index >= 15 is 0 Å². The Morgan fingerprint density at radius 1 is 1.22 bits per heavy atom. The van der Waals surface area contributed by atoms with Crippen LogP contribution >= 0.6 is 39.0 Å². The molecule has 0 amide bonds. The molecule has 0 spiro atoms. The summed E-state index contributed by atoms with van der Waals surface area (Å²) < 4.78 is 6.82. The number of halogens is 1. The summed E-state index contributed by atoms with van der Waals surface area (Å²) in [5.41, 5.74) is 1.29. The molecule has 0 fully saturated rings. The van der Waals surface area contributed by atoms with Gasteiger partial charge in [-0.3, -0.25) is 0 Å². The summed E-state index contributed by atoms with van der Waals surface area (Å²) in [7, 11) is 0. The highest BCUT2D eigenvalue weighted by molar-refractivity contribution is 9.10. The molecule has 0 radical (unpaired) electrons. The first-order chi connectivity index (χ1) is 11.0. The molecule has 0 aliphatic carbocycles. The average Bonchev–Trinajstić information content (AvgIpc) is 2.78. The Labute approximate surface area is 152 Å². The van der Waals surface area contributed by atoms with Crippen LogP contribution in [0.15, 0.2) is 33.8 Å². The van der Waals surface area contributed by atoms with Gasteiger partial charge in [-0.15, -0.1) is 23.1 Å². The van der Waals surface area contributed by atoms with Crippen LogP contribution in [0.4, 0.5) is 0 Å². The largest absolute Gasteiger partial charge is 0.493 e. The van der Waals surface area contributed by atoms with Gasteiger partial charge in [0.15, 0.2) is 0 Å². The lowest BCUT2D eigenvalue weighted by atomic mass is 10.2. The highest BCUT2D eigenvalue weighted by Gasteiger charge is 2.13. The molecular formula is C17H17BrN2OS2. The molecule has 3 rings (SSSR count). The molecule has 0 saturated carbocycles. The van der Waals surface area contributed by atoms with Crippen LogP contribution in [0.2, 0.25) is 0 Å². The van der Waals surface area contributed by atoms with Gasteiger partial charge in [0.05, 0.1) is 6.61 Å². The van der Waals surface area contributed by atoms with Crippen molar-refractivity contribution >= 4 is 49.2 Å². The fourth-order valence-electron chi connectivity index (χ4n) is 2.27. The van der Waals surface area contributed by atoms with Crippen molar-refractivity contribution < 1.29 is 4.74 Å². The lowest BCUT2D eigenvalue weighted by molar-refractivity contribution is 0.343. The molecule has 0 saturated heterocycles. The van der Waals surface area contributed by atoms with Crippen molar-refractivity contribution in [1.29, 1.82) is 0 Å². The predicted octanol–water partition coefficient (Wildman–Crippen LogP) is 5.55. The van der Waals surface area contributed by atoms with Crippen molar-refractivity contribution in [2.45, 2.75) is 25.8 Å². The van der Waals surface area contributed by atoms with Gasteiger partial charge in [-0.25, -0.2) is 9.97 Å². The van der Waals surface area contributed by atoms with Crippen LogP contribution in [0.1, 0.15) is 16.3 Å². The summed E-state index contributed by atoms with van der Waals surface area (Å²) in [5.74, 6) is 2.56. The SMILES string of the molecule is Cc1nc(SCCOc2cccc(Br)c2)c2c(C)c(C)sc2n1. The molecule has 3 aromatic rings. The topological polar surface area (TPSA) is 35.0 Å². The van der Waals surface area contributed by atoms with Gasteiger partial charge >= 0.3 is 0 Å². The minimum Gasteiger partial charge on any atom is -0.493 e. The van der Waals surface area contributed by atoms with Crippen LogP contribution in [0, 0.1) is 20.8 Å². The van der Waals surface area contributed by atoms with Crippen LogP contribution in [0.25, 0.3) is 10.2 Å². The second kappa shape index (κ2) is 7.20. The molecule has 0 bridgehead atoms. The van der Waals surface area contributed by atoms with Crippen molar-refractivity contribution in [2.24, 2.45) is 0 Å². The zero-order chi connectivity index (χ0) is 16.4. The van der Waals surface area contributed by atoms with E-state index in [2.05, 4.69) is 39.7 Å². The lowest BCUT2D eigenvalue weighted by Crippen LogP contribution is -2.01. The fraction of sp³-hybridized carbons (Fsp3) is 0.294. The summed E-state index contributed by atoms with van der Waals surface area (Å²) in [6.07, 6.45) is 0. The van der Waals surface area contributed by atoms with Crippen molar-refractivity contribution in [3.05, 3.63) is 45.0 Å². The molecule has 120 valence electrons. The molecule has 2 heterocycles. The van der Waals surface area contributed by atoms with Crippen LogP contribution in [0.3, 0.4) is 0 Å². The molecule has 0 N–H and O–H groups in total. The first-order valence-electron chi connectivity index (χ1n) is 7.30. The minimum atomic E-state index is 0.647.